The summed E-state index contributed by atoms with van der Waals surface area (Å²) in [5, 5.41) is 19.1. The van der Waals surface area contributed by atoms with E-state index in [1.54, 1.807) is 19.1 Å². The van der Waals surface area contributed by atoms with Gasteiger partial charge in [-0.05, 0) is 31.2 Å². The van der Waals surface area contributed by atoms with E-state index in [0.29, 0.717) is 27.9 Å². The predicted octanol–water partition coefficient (Wildman–Crippen LogP) is 4.51. The van der Waals surface area contributed by atoms with E-state index in [1.165, 1.54) is 31.4 Å². The minimum Gasteiger partial charge on any atom is -0.507 e. The molecule has 8 heteroatoms. The van der Waals surface area contributed by atoms with E-state index >= 15 is 0 Å². The first-order valence-electron chi connectivity index (χ1n) is 7.54. The molecule has 2 aromatic carbocycles. The predicted molar refractivity (Wildman–Crippen MR) is 90.3 cm³/mol. The highest BCUT2D eigenvalue weighted by Gasteiger charge is 2.31. The number of aromatic hydroxyl groups is 1. The smallest absolute Gasteiger partial charge is 0.507 e. The number of ether oxygens (including phenoxy) is 2. The summed E-state index contributed by atoms with van der Waals surface area (Å²) in [5.74, 6) is -0.0274. The van der Waals surface area contributed by atoms with Crippen molar-refractivity contribution in [2.75, 3.05) is 7.11 Å². The first-order chi connectivity index (χ1) is 12.2. The zero-order chi connectivity index (χ0) is 19.1. The number of hydrogen-bond donors (Lipinski definition) is 3. The van der Waals surface area contributed by atoms with E-state index in [4.69, 9.17) is 10.1 Å². The Kier molecular flexibility index (Phi) is 4.27. The summed E-state index contributed by atoms with van der Waals surface area (Å²) in [4.78, 5) is 2.95. The molecule has 3 rings (SSSR count). The van der Waals surface area contributed by atoms with Crippen molar-refractivity contribution in [2.45, 2.75) is 13.3 Å². The van der Waals surface area contributed by atoms with Gasteiger partial charge in [0.1, 0.15) is 17.2 Å². The van der Waals surface area contributed by atoms with E-state index in [-0.39, 0.29) is 22.8 Å². The quantitative estimate of drug-likeness (QED) is 0.596. The fourth-order valence-electron chi connectivity index (χ4n) is 2.82. The second-order valence-electron chi connectivity index (χ2n) is 5.64. The molecule has 1 aromatic heterocycles. The summed E-state index contributed by atoms with van der Waals surface area (Å²) in [6, 6.07) is 8.42. The Bertz CT molecular complexity index is 993. The third kappa shape index (κ3) is 3.30. The zero-order valence-electron chi connectivity index (χ0n) is 13.9. The molecule has 26 heavy (non-hydrogen) atoms. The highest BCUT2D eigenvalue weighted by atomic mass is 19.4. The molecule has 1 heterocycles. The van der Waals surface area contributed by atoms with Gasteiger partial charge in [0.05, 0.1) is 12.8 Å². The largest absolute Gasteiger partial charge is 0.573 e. The van der Waals surface area contributed by atoms with Crippen molar-refractivity contribution in [1.29, 1.82) is 5.41 Å². The lowest BCUT2D eigenvalue weighted by molar-refractivity contribution is -0.274. The van der Waals surface area contributed by atoms with Gasteiger partial charge in [0, 0.05) is 39.9 Å². The van der Waals surface area contributed by atoms with E-state index in [2.05, 4.69) is 9.72 Å². The number of fused-ring (bicyclic) bond motifs is 1. The molecular formula is C18H15F3N2O3. The number of phenols is 1. The first kappa shape index (κ1) is 17.7. The lowest BCUT2D eigenvalue weighted by atomic mass is 9.98. The molecular weight excluding hydrogens is 349 g/mol. The van der Waals surface area contributed by atoms with Crippen molar-refractivity contribution < 1.29 is 27.8 Å². The number of methoxy groups -OCH3 is 1. The summed E-state index contributed by atoms with van der Waals surface area (Å²) in [7, 11) is 1.46. The van der Waals surface area contributed by atoms with Crippen LogP contribution in [0, 0.1) is 12.3 Å². The van der Waals surface area contributed by atoms with E-state index < -0.39 is 6.36 Å². The van der Waals surface area contributed by atoms with Gasteiger partial charge in [0.25, 0.3) is 0 Å². The number of phenolic OH excluding ortho intramolecular Hbond substituents is 1. The summed E-state index contributed by atoms with van der Waals surface area (Å²) < 4.78 is 46.1. The Hall–Kier alpha value is -3.16. The van der Waals surface area contributed by atoms with Crippen molar-refractivity contribution in [3.05, 3.63) is 53.2 Å². The fourth-order valence-corrected chi connectivity index (χ4v) is 2.82. The van der Waals surface area contributed by atoms with Gasteiger partial charge in [-0.15, -0.1) is 13.2 Å². The molecule has 136 valence electrons. The van der Waals surface area contributed by atoms with Crippen LogP contribution in [0.2, 0.25) is 0 Å². The van der Waals surface area contributed by atoms with Crippen molar-refractivity contribution in [3.8, 4) is 17.2 Å². The van der Waals surface area contributed by atoms with Crippen molar-refractivity contribution >= 4 is 16.6 Å². The molecule has 0 saturated carbocycles. The van der Waals surface area contributed by atoms with Gasteiger partial charge in [-0.25, -0.2) is 0 Å². The fraction of sp³-hybridized carbons (Fsp3) is 0.167. The van der Waals surface area contributed by atoms with Crippen LogP contribution in [-0.2, 0) is 0 Å². The molecule has 0 aliphatic carbocycles. The maximum Gasteiger partial charge on any atom is 0.573 e. The van der Waals surface area contributed by atoms with Gasteiger partial charge in [-0.2, -0.15) is 0 Å². The van der Waals surface area contributed by atoms with E-state index in [1.807, 2.05) is 0 Å². The molecule has 0 fully saturated rings. The molecule has 0 atom stereocenters. The Morgan fingerprint density at radius 1 is 1.12 bits per heavy atom. The van der Waals surface area contributed by atoms with Crippen molar-refractivity contribution in [3.63, 3.8) is 0 Å². The Balaban J connectivity index is 2.05. The highest BCUT2D eigenvalue weighted by Crippen LogP contribution is 2.32. The molecule has 0 amide bonds. The van der Waals surface area contributed by atoms with Crippen molar-refractivity contribution in [1.82, 2.24) is 4.98 Å². The molecule has 0 saturated heterocycles. The number of aromatic amines is 1. The lowest BCUT2D eigenvalue weighted by Crippen LogP contribution is -2.16. The molecule has 3 aromatic rings. The SMILES string of the molecule is COc1ccc(C(=N)c2c(C)[nH]c3cc(OC(F)(F)F)ccc23)c(O)c1. The van der Waals surface area contributed by atoms with Gasteiger partial charge in [0.15, 0.2) is 0 Å². The van der Waals surface area contributed by atoms with Gasteiger partial charge in [-0.1, -0.05) is 0 Å². The number of rotatable bonds is 4. The molecule has 0 bridgehead atoms. The Labute approximate surface area is 146 Å². The van der Waals surface area contributed by atoms with E-state index in [9.17, 15) is 18.3 Å². The summed E-state index contributed by atoms with van der Waals surface area (Å²) in [5.41, 5.74) is 1.80. The van der Waals surface area contributed by atoms with Crippen LogP contribution in [0.4, 0.5) is 13.2 Å². The van der Waals surface area contributed by atoms with Crippen LogP contribution < -0.4 is 9.47 Å². The number of aromatic nitrogens is 1. The number of benzene rings is 2. The van der Waals surface area contributed by atoms with Gasteiger partial charge < -0.3 is 19.6 Å². The third-order valence-electron chi connectivity index (χ3n) is 3.92. The van der Waals surface area contributed by atoms with Crippen LogP contribution in [0.3, 0.4) is 0 Å². The van der Waals surface area contributed by atoms with Crippen LogP contribution in [0.5, 0.6) is 17.2 Å². The first-order valence-corrected chi connectivity index (χ1v) is 7.54. The second kappa shape index (κ2) is 6.29. The number of hydrogen-bond acceptors (Lipinski definition) is 4. The maximum atomic E-state index is 12.4. The summed E-state index contributed by atoms with van der Waals surface area (Å²) in [6.45, 7) is 1.70. The molecule has 3 N–H and O–H groups in total. The summed E-state index contributed by atoms with van der Waals surface area (Å²) >= 11 is 0. The van der Waals surface area contributed by atoms with Crippen molar-refractivity contribution in [2.24, 2.45) is 0 Å². The van der Waals surface area contributed by atoms with Gasteiger partial charge in [-0.3, -0.25) is 5.41 Å². The number of H-pyrrole nitrogens is 1. The Morgan fingerprint density at radius 3 is 2.42 bits per heavy atom. The maximum absolute atomic E-state index is 12.4. The minimum absolute atomic E-state index is 0.0402. The molecule has 0 spiro atoms. The number of nitrogens with one attached hydrogen (secondary N) is 2. The third-order valence-corrected chi connectivity index (χ3v) is 3.92. The average molecular weight is 364 g/mol. The lowest BCUT2D eigenvalue weighted by Gasteiger charge is -2.10. The minimum atomic E-state index is -4.78. The topological polar surface area (TPSA) is 78.3 Å². The molecule has 5 nitrogen and oxygen atoms in total. The van der Waals surface area contributed by atoms with Crippen LogP contribution in [0.25, 0.3) is 10.9 Å². The van der Waals surface area contributed by atoms with Gasteiger partial charge >= 0.3 is 6.36 Å². The monoisotopic (exact) mass is 364 g/mol. The standard InChI is InChI=1S/C18H15F3N2O3/c1-9-16(17(22)13-6-3-10(25-2)8-15(13)24)12-5-4-11(7-14(12)23-9)26-18(19,20)21/h3-8,22-24H,1-2H3. The van der Waals surface area contributed by atoms with Crippen LogP contribution in [0.15, 0.2) is 36.4 Å². The summed E-state index contributed by atoms with van der Waals surface area (Å²) in [6.07, 6.45) is -4.78. The number of aryl methyl sites for hydroxylation is 1. The molecule has 0 aliphatic rings. The molecule has 0 radical (unpaired) electrons. The zero-order valence-corrected chi connectivity index (χ0v) is 13.9. The van der Waals surface area contributed by atoms with Crippen LogP contribution in [-0.4, -0.2) is 29.3 Å². The average Bonchev–Trinajstić information content (AvgIpc) is 2.87. The second-order valence-corrected chi connectivity index (χ2v) is 5.64. The Morgan fingerprint density at radius 2 is 1.81 bits per heavy atom. The van der Waals surface area contributed by atoms with Crippen LogP contribution in [0.1, 0.15) is 16.8 Å². The molecule has 0 unspecified atom stereocenters. The van der Waals surface area contributed by atoms with Crippen LogP contribution >= 0.6 is 0 Å². The highest BCUT2D eigenvalue weighted by molar-refractivity contribution is 6.20. The number of halogens is 3. The molecule has 0 aliphatic heterocycles. The van der Waals surface area contributed by atoms with E-state index in [0.717, 1.165) is 0 Å². The number of alkyl halides is 3. The van der Waals surface area contributed by atoms with Gasteiger partial charge in [0.2, 0.25) is 0 Å². The normalized spacial score (nSPS) is 11.6.